The summed E-state index contributed by atoms with van der Waals surface area (Å²) in [6.45, 7) is 4.92. The van der Waals surface area contributed by atoms with Gasteiger partial charge in [-0.15, -0.1) is 11.3 Å². The van der Waals surface area contributed by atoms with Crippen LogP contribution >= 0.6 is 11.3 Å². The number of halogens is 1. The molecule has 0 saturated carbocycles. The second kappa shape index (κ2) is 8.20. The largest absolute Gasteiger partial charge is 0.353 e. The summed E-state index contributed by atoms with van der Waals surface area (Å²) in [5.41, 5.74) is 4.40. The lowest BCUT2D eigenvalue weighted by molar-refractivity contribution is 0.282. The Morgan fingerprint density at radius 1 is 1.17 bits per heavy atom. The van der Waals surface area contributed by atoms with Crippen molar-refractivity contribution in [2.45, 2.75) is 25.8 Å². The first-order valence-electron chi connectivity index (χ1n) is 10.4. The molecule has 0 bridgehead atoms. The minimum absolute atomic E-state index is 0.178. The van der Waals surface area contributed by atoms with Crippen LogP contribution in [-0.2, 0) is 6.42 Å². The summed E-state index contributed by atoms with van der Waals surface area (Å²) in [4.78, 5) is 8.79. The Labute approximate surface area is 180 Å². The van der Waals surface area contributed by atoms with Crippen molar-refractivity contribution in [3.05, 3.63) is 76.4 Å². The number of aryl methyl sites for hydroxylation is 2. The lowest BCUT2D eigenvalue weighted by Crippen LogP contribution is -2.52. The summed E-state index contributed by atoms with van der Waals surface area (Å²) >= 11 is 1.78. The van der Waals surface area contributed by atoms with Crippen molar-refractivity contribution in [3.8, 4) is 0 Å². The Hall–Kier alpha value is -2.70. The molecule has 1 fully saturated rings. The summed E-state index contributed by atoms with van der Waals surface area (Å²) < 4.78 is 13.2. The Morgan fingerprint density at radius 2 is 2.00 bits per heavy atom. The highest BCUT2D eigenvalue weighted by Gasteiger charge is 2.27. The molecule has 2 aliphatic rings. The van der Waals surface area contributed by atoms with Gasteiger partial charge < -0.3 is 15.5 Å². The van der Waals surface area contributed by atoms with Gasteiger partial charge >= 0.3 is 0 Å². The quantitative estimate of drug-likeness (QED) is 0.609. The monoisotopic (exact) mass is 420 g/mol. The molecule has 3 aromatic rings. The molecular formula is C24H25FN4S. The van der Waals surface area contributed by atoms with Crippen LogP contribution in [0.5, 0.6) is 0 Å². The fraction of sp³-hybridized carbons (Fsp3) is 0.292. The van der Waals surface area contributed by atoms with Gasteiger partial charge in [0.25, 0.3) is 0 Å². The van der Waals surface area contributed by atoms with Crippen molar-refractivity contribution in [1.82, 2.24) is 10.2 Å². The first kappa shape index (κ1) is 19.3. The number of para-hydroxylation sites is 2. The maximum atomic E-state index is 13.2. The second-order valence-electron chi connectivity index (χ2n) is 7.94. The molecule has 1 saturated heterocycles. The highest BCUT2D eigenvalue weighted by Crippen LogP contribution is 2.39. The first-order chi connectivity index (χ1) is 14.7. The smallest absolute Gasteiger partial charge is 0.139 e. The molecule has 2 aliphatic heterocycles. The fourth-order valence-corrected chi connectivity index (χ4v) is 5.11. The molecule has 154 valence electrons. The van der Waals surface area contributed by atoms with Gasteiger partial charge in [0.1, 0.15) is 16.7 Å². The Kier molecular flexibility index (Phi) is 5.27. The van der Waals surface area contributed by atoms with Crippen LogP contribution in [0.1, 0.15) is 22.4 Å². The minimum Gasteiger partial charge on any atom is -0.353 e. The molecular weight excluding hydrogens is 395 g/mol. The van der Waals surface area contributed by atoms with Crippen LogP contribution in [0.4, 0.5) is 20.8 Å². The topological polar surface area (TPSA) is 39.7 Å². The summed E-state index contributed by atoms with van der Waals surface area (Å²) in [6, 6.07) is 17.7. The molecule has 2 N–H and O–H groups in total. The molecule has 0 radical (unpaired) electrons. The summed E-state index contributed by atoms with van der Waals surface area (Å²) in [6.07, 6.45) is 1.95. The van der Waals surface area contributed by atoms with Crippen LogP contribution in [0.15, 0.2) is 59.6 Å². The predicted octanol–water partition coefficient (Wildman–Crippen LogP) is 5.24. The Bertz CT molecular complexity index is 1070. The number of amidine groups is 1. The number of hydrogen-bond acceptors (Lipinski definition) is 5. The third-order valence-corrected chi connectivity index (χ3v) is 6.69. The number of nitrogens with one attached hydrogen (secondary N) is 2. The zero-order valence-electron chi connectivity index (χ0n) is 17.0. The number of aliphatic imine (C=N–C) groups is 1. The summed E-state index contributed by atoms with van der Waals surface area (Å²) in [5, 5.41) is 8.40. The van der Waals surface area contributed by atoms with Crippen molar-refractivity contribution in [3.63, 3.8) is 0 Å². The molecule has 6 heteroatoms. The van der Waals surface area contributed by atoms with Gasteiger partial charge in [-0.1, -0.05) is 24.3 Å². The molecule has 4 nitrogen and oxygen atoms in total. The number of benzene rings is 2. The van der Waals surface area contributed by atoms with E-state index in [0.29, 0.717) is 6.04 Å². The van der Waals surface area contributed by atoms with Crippen LogP contribution in [0.3, 0.4) is 0 Å². The first-order valence-corrected chi connectivity index (χ1v) is 11.3. The highest BCUT2D eigenvalue weighted by molar-refractivity contribution is 7.16. The van der Waals surface area contributed by atoms with E-state index < -0.39 is 0 Å². The molecule has 1 unspecified atom stereocenters. The molecule has 1 atom stereocenters. The molecule has 0 spiro atoms. The molecule has 3 heterocycles. The van der Waals surface area contributed by atoms with Gasteiger partial charge in [0, 0.05) is 30.6 Å². The minimum atomic E-state index is -0.178. The standard InChI is InChI=1S/C24H25FN4S/c1-16-14-20-23(27-21-4-2-3-5-22(21)28-24(20)30-16)29-13-12-26-19(15-29)11-8-17-6-9-18(25)10-7-17/h2-7,9-10,14,19,26,28H,8,11-13,15H2,1H3. The van der Waals surface area contributed by atoms with E-state index >= 15 is 0 Å². The maximum Gasteiger partial charge on any atom is 0.139 e. The van der Waals surface area contributed by atoms with Crippen LogP contribution in [-0.4, -0.2) is 36.4 Å². The number of thiophene rings is 1. The van der Waals surface area contributed by atoms with E-state index in [2.05, 4.69) is 40.7 Å². The average Bonchev–Trinajstić information content (AvgIpc) is 3.05. The SMILES string of the molecule is Cc1cc2c(s1)Nc1ccccc1N=C2N1CCNC(CCc2ccc(F)cc2)C1. The lowest BCUT2D eigenvalue weighted by Gasteiger charge is -2.36. The van der Waals surface area contributed by atoms with Gasteiger partial charge in [-0.25, -0.2) is 9.38 Å². The van der Waals surface area contributed by atoms with Crippen molar-refractivity contribution in [2.75, 3.05) is 25.0 Å². The van der Waals surface area contributed by atoms with Gasteiger partial charge in [-0.2, -0.15) is 0 Å². The van der Waals surface area contributed by atoms with Gasteiger partial charge in [0.15, 0.2) is 0 Å². The zero-order valence-corrected chi connectivity index (χ0v) is 17.8. The number of piperazine rings is 1. The molecule has 0 aliphatic carbocycles. The number of rotatable bonds is 3. The zero-order chi connectivity index (χ0) is 20.5. The van der Waals surface area contributed by atoms with E-state index in [1.807, 2.05) is 24.3 Å². The molecule has 0 amide bonds. The highest BCUT2D eigenvalue weighted by atomic mass is 32.1. The van der Waals surface area contributed by atoms with Crippen LogP contribution in [0, 0.1) is 12.7 Å². The van der Waals surface area contributed by atoms with Gasteiger partial charge in [0.05, 0.1) is 16.9 Å². The van der Waals surface area contributed by atoms with E-state index in [1.165, 1.54) is 16.0 Å². The Morgan fingerprint density at radius 3 is 2.87 bits per heavy atom. The van der Waals surface area contributed by atoms with Crippen molar-refractivity contribution < 1.29 is 4.39 Å². The second-order valence-corrected chi connectivity index (χ2v) is 9.20. The third-order valence-electron chi connectivity index (χ3n) is 5.72. The molecule has 5 rings (SSSR count). The maximum absolute atomic E-state index is 13.2. The summed E-state index contributed by atoms with van der Waals surface area (Å²) in [5.74, 6) is 0.878. The van der Waals surface area contributed by atoms with Crippen molar-refractivity contribution in [2.24, 2.45) is 4.99 Å². The number of anilines is 2. The number of fused-ring (bicyclic) bond motifs is 2. The van der Waals surface area contributed by atoms with E-state index in [1.54, 1.807) is 23.5 Å². The normalized spacial score (nSPS) is 18.1. The lowest BCUT2D eigenvalue weighted by atomic mass is 10.0. The summed E-state index contributed by atoms with van der Waals surface area (Å²) in [7, 11) is 0. The van der Waals surface area contributed by atoms with E-state index in [0.717, 1.165) is 54.7 Å². The molecule has 30 heavy (non-hydrogen) atoms. The van der Waals surface area contributed by atoms with E-state index in [9.17, 15) is 4.39 Å². The van der Waals surface area contributed by atoms with E-state index in [4.69, 9.17) is 4.99 Å². The molecule has 1 aromatic heterocycles. The van der Waals surface area contributed by atoms with Gasteiger partial charge in [-0.3, -0.25) is 0 Å². The van der Waals surface area contributed by atoms with E-state index in [-0.39, 0.29) is 5.82 Å². The fourth-order valence-electron chi connectivity index (χ4n) is 4.19. The van der Waals surface area contributed by atoms with Gasteiger partial charge in [0.2, 0.25) is 0 Å². The predicted molar refractivity (Wildman–Crippen MR) is 123 cm³/mol. The Balaban J connectivity index is 1.38. The van der Waals surface area contributed by atoms with Crippen molar-refractivity contribution in [1.29, 1.82) is 0 Å². The number of nitrogens with zero attached hydrogens (tertiary/aromatic N) is 2. The van der Waals surface area contributed by atoms with Gasteiger partial charge in [-0.05, 0) is 55.7 Å². The van der Waals surface area contributed by atoms with Crippen LogP contribution < -0.4 is 10.6 Å². The third kappa shape index (κ3) is 3.98. The van der Waals surface area contributed by atoms with Crippen molar-refractivity contribution >= 4 is 33.5 Å². The average molecular weight is 421 g/mol. The van der Waals surface area contributed by atoms with Crippen LogP contribution in [0.2, 0.25) is 0 Å². The number of hydrogen-bond donors (Lipinski definition) is 2. The van der Waals surface area contributed by atoms with Crippen LogP contribution in [0.25, 0.3) is 0 Å². The molecule has 2 aromatic carbocycles.